The van der Waals surface area contributed by atoms with E-state index >= 15 is 0 Å². The lowest BCUT2D eigenvalue weighted by Gasteiger charge is -2.03. The van der Waals surface area contributed by atoms with E-state index in [-0.39, 0.29) is 36.7 Å². The van der Waals surface area contributed by atoms with Gasteiger partial charge in [0.2, 0.25) is 0 Å². The summed E-state index contributed by atoms with van der Waals surface area (Å²) in [5.74, 6) is -0.341. The van der Waals surface area contributed by atoms with Gasteiger partial charge in [-0.1, -0.05) is 0 Å². The Hall–Kier alpha value is -1.17. The Morgan fingerprint density at radius 2 is 2.06 bits per heavy atom. The van der Waals surface area contributed by atoms with E-state index in [4.69, 9.17) is 5.73 Å². The van der Waals surface area contributed by atoms with Gasteiger partial charge in [0.05, 0.1) is 24.6 Å². The average Bonchev–Trinajstić information content (AvgIpc) is 2.66. The highest BCUT2D eigenvalue weighted by atomic mass is 35.5. The molecule has 0 aromatic carbocycles. The van der Waals surface area contributed by atoms with Crippen LogP contribution in [0.2, 0.25) is 0 Å². The Morgan fingerprint density at radius 1 is 1.33 bits per heavy atom. The van der Waals surface area contributed by atoms with E-state index in [1.807, 2.05) is 13.1 Å². The molecule has 2 heterocycles. The van der Waals surface area contributed by atoms with Crippen molar-refractivity contribution in [1.29, 1.82) is 0 Å². The van der Waals surface area contributed by atoms with Crippen LogP contribution in [-0.4, -0.2) is 20.8 Å². The molecule has 0 fully saturated rings. The second kappa shape index (κ2) is 7.31. The molecular weight excluding hydrogens is 278 g/mol. The van der Waals surface area contributed by atoms with Crippen molar-refractivity contribution in [1.82, 2.24) is 14.8 Å². The molecule has 18 heavy (non-hydrogen) atoms. The summed E-state index contributed by atoms with van der Waals surface area (Å²) in [4.78, 5) is 3.98. The van der Waals surface area contributed by atoms with Gasteiger partial charge in [0.25, 0.3) is 0 Å². The Labute approximate surface area is 117 Å². The Bertz CT molecular complexity index is 470. The molecule has 2 aromatic rings. The highest BCUT2D eigenvalue weighted by molar-refractivity contribution is 5.85. The third kappa shape index (κ3) is 4.25. The van der Waals surface area contributed by atoms with E-state index < -0.39 is 0 Å². The summed E-state index contributed by atoms with van der Waals surface area (Å²) in [5.41, 5.74) is 7.23. The second-order valence-corrected chi connectivity index (χ2v) is 3.79. The van der Waals surface area contributed by atoms with Crippen molar-refractivity contribution < 1.29 is 4.39 Å². The van der Waals surface area contributed by atoms with E-state index in [1.165, 1.54) is 12.3 Å². The predicted molar refractivity (Wildman–Crippen MR) is 73.6 cm³/mol. The van der Waals surface area contributed by atoms with Crippen molar-refractivity contribution in [2.24, 2.45) is 5.73 Å². The molecule has 1 atom stereocenters. The fraction of sp³-hybridized carbons (Fsp3) is 0.273. The summed E-state index contributed by atoms with van der Waals surface area (Å²) in [5, 5.41) is 4.16. The van der Waals surface area contributed by atoms with Gasteiger partial charge in [0, 0.05) is 17.8 Å². The maximum atomic E-state index is 12.7. The number of nitrogens with zero attached hydrogens (tertiary/aromatic N) is 3. The molecule has 2 N–H and O–H groups in total. The zero-order valence-corrected chi connectivity index (χ0v) is 11.4. The fourth-order valence-electron chi connectivity index (χ4n) is 1.44. The molecule has 0 aliphatic heterocycles. The Morgan fingerprint density at radius 3 is 2.61 bits per heavy atom. The molecule has 100 valence electrons. The van der Waals surface area contributed by atoms with Gasteiger partial charge in [-0.3, -0.25) is 9.67 Å². The summed E-state index contributed by atoms with van der Waals surface area (Å²) >= 11 is 0. The molecule has 0 aliphatic rings. The predicted octanol–water partition coefficient (Wildman–Crippen LogP) is 2.28. The van der Waals surface area contributed by atoms with Crippen LogP contribution in [0.25, 0.3) is 11.3 Å². The maximum absolute atomic E-state index is 12.7. The van der Waals surface area contributed by atoms with E-state index in [2.05, 4.69) is 10.1 Å². The summed E-state index contributed by atoms with van der Waals surface area (Å²) in [6, 6.07) is 3.06. The van der Waals surface area contributed by atoms with E-state index in [0.29, 0.717) is 12.2 Å². The van der Waals surface area contributed by atoms with Crippen LogP contribution in [0, 0.1) is 5.82 Å². The number of pyridine rings is 1. The molecule has 0 aliphatic carbocycles. The summed E-state index contributed by atoms with van der Waals surface area (Å²) in [6.45, 7) is 2.57. The molecule has 0 saturated carbocycles. The molecule has 7 heteroatoms. The smallest absolute Gasteiger partial charge is 0.141 e. The third-order valence-corrected chi connectivity index (χ3v) is 2.13. The van der Waals surface area contributed by atoms with Crippen LogP contribution in [0.4, 0.5) is 4.39 Å². The third-order valence-electron chi connectivity index (χ3n) is 2.13. The molecular formula is C11H15Cl2FN4. The quantitative estimate of drug-likeness (QED) is 0.944. The van der Waals surface area contributed by atoms with Gasteiger partial charge in [0.1, 0.15) is 5.82 Å². The normalized spacial score (nSPS) is 11.3. The van der Waals surface area contributed by atoms with Crippen LogP contribution < -0.4 is 5.73 Å². The molecule has 0 unspecified atom stereocenters. The number of aromatic nitrogens is 3. The first kappa shape index (κ1) is 16.8. The molecule has 2 aromatic heterocycles. The second-order valence-electron chi connectivity index (χ2n) is 3.79. The first-order valence-corrected chi connectivity index (χ1v) is 5.05. The highest BCUT2D eigenvalue weighted by Gasteiger charge is 2.04. The van der Waals surface area contributed by atoms with E-state index in [1.54, 1.807) is 16.9 Å². The minimum atomic E-state index is -0.341. The van der Waals surface area contributed by atoms with Gasteiger partial charge in [-0.15, -0.1) is 24.8 Å². The van der Waals surface area contributed by atoms with Crippen LogP contribution in [0.1, 0.15) is 6.92 Å². The number of halogens is 3. The number of rotatable bonds is 3. The maximum Gasteiger partial charge on any atom is 0.141 e. The first-order chi connectivity index (χ1) is 7.65. The van der Waals surface area contributed by atoms with Crippen molar-refractivity contribution in [3.63, 3.8) is 0 Å². The Balaban J connectivity index is 0.00000144. The molecule has 2 rings (SSSR count). The number of nitrogens with two attached hydrogens (primary N) is 1. The van der Waals surface area contributed by atoms with Crippen LogP contribution in [0.3, 0.4) is 0 Å². The number of hydrogen-bond donors (Lipinski definition) is 1. The topological polar surface area (TPSA) is 56.7 Å². The Kier molecular flexibility index (Phi) is 6.83. The first-order valence-electron chi connectivity index (χ1n) is 5.05. The standard InChI is InChI=1S/C11H13FN4.2ClH/c1-8(13)6-16-7-9(4-15-16)11-3-2-10(12)5-14-11;;/h2-5,7-8H,6,13H2,1H3;2*1H/t8-;;/m0../s1. The summed E-state index contributed by atoms with van der Waals surface area (Å²) < 4.78 is 14.4. The monoisotopic (exact) mass is 292 g/mol. The minimum Gasteiger partial charge on any atom is -0.326 e. The summed E-state index contributed by atoms with van der Waals surface area (Å²) in [6.07, 6.45) is 4.74. The van der Waals surface area contributed by atoms with Gasteiger partial charge in [-0.05, 0) is 19.1 Å². The molecule has 0 bridgehead atoms. The lowest BCUT2D eigenvalue weighted by molar-refractivity contribution is 0.539. The van der Waals surface area contributed by atoms with Crippen molar-refractivity contribution in [2.45, 2.75) is 19.5 Å². The van der Waals surface area contributed by atoms with Gasteiger partial charge in [-0.2, -0.15) is 5.10 Å². The van der Waals surface area contributed by atoms with E-state index in [9.17, 15) is 4.39 Å². The minimum absolute atomic E-state index is 0. The van der Waals surface area contributed by atoms with Gasteiger partial charge in [-0.25, -0.2) is 4.39 Å². The largest absolute Gasteiger partial charge is 0.326 e. The van der Waals surface area contributed by atoms with Crippen LogP contribution in [-0.2, 0) is 6.54 Å². The zero-order chi connectivity index (χ0) is 11.5. The molecule has 4 nitrogen and oxygen atoms in total. The lowest BCUT2D eigenvalue weighted by atomic mass is 10.2. The van der Waals surface area contributed by atoms with Crippen molar-refractivity contribution in [2.75, 3.05) is 0 Å². The van der Waals surface area contributed by atoms with Crippen LogP contribution in [0.15, 0.2) is 30.7 Å². The summed E-state index contributed by atoms with van der Waals surface area (Å²) in [7, 11) is 0. The lowest BCUT2D eigenvalue weighted by Crippen LogP contribution is -2.22. The number of hydrogen-bond acceptors (Lipinski definition) is 3. The van der Waals surface area contributed by atoms with Gasteiger partial charge >= 0.3 is 0 Å². The zero-order valence-electron chi connectivity index (χ0n) is 9.78. The SMILES string of the molecule is C[C@H](N)Cn1cc(-c2ccc(F)cn2)cn1.Cl.Cl. The van der Waals surface area contributed by atoms with Crippen LogP contribution in [0.5, 0.6) is 0 Å². The molecule has 0 saturated heterocycles. The van der Waals surface area contributed by atoms with Crippen molar-refractivity contribution in [3.05, 3.63) is 36.5 Å². The highest BCUT2D eigenvalue weighted by Crippen LogP contribution is 2.15. The average molecular weight is 293 g/mol. The van der Waals surface area contributed by atoms with Crippen LogP contribution >= 0.6 is 24.8 Å². The fourth-order valence-corrected chi connectivity index (χ4v) is 1.44. The molecule has 0 amide bonds. The van der Waals surface area contributed by atoms with Gasteiger partial charge < -0.3 is 5.73 Å². The van der Waals surface area contributed by atoms with Crippen molar-refractivity contribution >= 4 is 24.8 Å². The molecule has 0 radical (unpaired) electrons. The van der Waals surface area contributed by atoms with Gasteiger partial charge in [0.15, 0.2) is 0 Å². The molecule has 0 spiro atoms. The van der Waals surface area contributed by atoms with Crippen molar-refractivity contribution in [3.8, 4) is 11.3 Å². The van der Waals surface area contributed by atoms with E-state index in [0.717, 1.165) is 5.56 Å².